The predicted octanol–water partition coefficient (Wildman–Crippen LogP) is 0.873. The van der Waals surface area contributed by atoms with Crippen LogP contribution in [0.5, 0.6) is 0 Å². The average Bonchev–Trinajstić information content (AvgIpc) is 3.11. The van der Waals surface area contributed by atoms with E-state index in [0.29, 0.717) is 6.54 Å². The average molecular weight is 337 g/mol. The third kappa shape index (κ3) is 5.65. The standard InChI is InChI=1S/C17H27N3O4/c1-13(2)15(19-16(21)14-5-3-10-24-14)17(22)18-6-4-7-20-8-11-23-12-9-20/h3,5,10,13,15H,4,6-9,11-12H2,1-2H3,(H,18,22)(H,19,21). The Hall–Kier alpha value is -1.86. The van der Waals surface area contributed by atoms with Crippen molar-refractivity contribution < 1.29 is 18.7 Å². The van der Waals surface area contributed by atoms with Crippen molar-refractivity contribution in [1.82, 2.24) is 15.5 Å². The molecule has 1 unspecified atom stereocenters. The minimum atomic E-state index is -0.578. The van der Waals surface area contributed by atoms with Crippen molar-refractivity contribution in [3.05, 3.63) is 24.2 Å². The van der Waals surface area contributed by atoms with Gasteiger partial charge in [0.15, 0.2) is 5.76 Å². The number of carbonyl (C=O) groups is 2. The van der Waals surface area contributed by atoms with Crippen LogP contribution < -0.4 is 10.6 Å². The van der Waals surface area contributed by atoms with E-state index in [-0.39, 0.29) is 23.5 Å². The van der Waals surface area contributed by atoms with Crippen LogP contribution in [0, 0.1) is 5.92 Å². The highest BCUT2D eigenvalue weighted by atomic mass is 16.5. The number of rotatable bonds is 8. The van der Waals surface area contributed by atoms with Gasteiger partial charge in [0.25, 0.3) is 5.91 Å². The lowest BCUT2D eigenvalue weighted by Crippen LogP contribution is -2.50. The quantitative estimate of drug-likeness (QED) is 0.688. The summed E-state index contributed by atoms with van der Waals surface area (Å²) < 4.78 is 10.4. The molecular weight excluding hydrogens is 310 g/mol. The van der Waals surface area contributed by atoms with E-state index in [0.717, 1.165) is 39.3 Å². The molecule has 0 aliphatic carbocycles. The zero-order chi connectivity index (χ0) is 17.4. The van der Waals surface area contributed by atoms with Gasteiger partial charge in [0, 0.05) is 19.6 Å². The van der Waals surface area contributed by atoms with Gasteiger partial charge in [-0.2, -0.15) is 0 Å². The van der Waals surface area contributed by atoms with Crippen LogP contribution in [0.25, 0.3) is 0 Å². The molecule has 2 amide bonds. The second-order valence-corrected chi connectivity index (χ2v) is 6.27. The summed E-state index contributed by atoms with van der Waals surface area (Å²) in [5, 5.41) is 5.65. The Morgan fingerprint density at radius 3 is 2.67 bits per heavy atom. The highest BCUT2D eigenvalue weighted by molar-refractivity contribution is 5.95. The van der Waals surface area contributed by atoms with Crippen molar-refractivity contribution in [2.24, 2.45) is 5.92 Å². The van der Waals surface area contributed by atoms with E-state index < -0.39 is 6.04 Å². The van der Waals surface area contributed by atoms with Gasteiger partial charge in [-0.05, 0) is 31.0 Å². The fraction of sp³-hybridized carbons (Fsp3) is 0.647. The van der Waals surface area contributed by atoms with Gasteiger partial charge in [0.05, 0.1) is 19.5 Å². The zero-order valence-corrected chi connectivity index (χ0v) is 14.4. The van der Waals surface area contributed by atoms with Crippen LogP contribution in [0.4, 0.5) is 0 Å². The monoisotopic (exact) mass is 337 g/mol. The lowest BCUT2D eigenvalue weighted by molar-refractivity contribution is -0.123. The summed E-state index contributed by atoms with van der Waals surface area (Å²) in [4.78, 5) is 26.7. The maximum atomic E-state index is 12.4. The number of carbonyl (C=O) groups excluding carboxylic acids is 2. The van der Waals surface area contributed by atoms with Gasteiger partial charge in [-0.3, -0.25) is 14.5 Å². The Morgan fingerprint density at radius 2 is 2.04 bits per heavy atom. The zero-order valence-electron chi connectivity index (χ0n) is 14.4. The first-order chi connectivity index (χ1) is 11.6. The summed E-state index contributed by atoms with van der Waals surface area (Å²) in [5.41, 5.74) is 0. The van der Waals surface area contributed by atoms with E-state index >= 15 is 0 Å². The Kier molecular flexibility index (Phi) is 7.27. The normalized spacial score (nSPS) is 16.8. The molecule has 0 bridgehead atoms. The molecular formula is C17H27N3O4. The summed E-state index contributed by atoms with van der Waals surface area (Å²) in [7, 11) is 0. The molecule has 7 heteroatoms. The van der Waals surface area contributed by atoms with Crippen LogP contribution in [0.2, 0.25) is 0 Å². The van der Waals surface area contributed by atoms with Crippen molar-refractivity contribution in [3.8, 4) is 0 Å². The smallest absolute Gasteiger partial charge is 0.287 e. The number of nitrogens with zero attached hydrogens (tertiary/aromatic N) is 1. The fourth-order valence-corrected chi connectivity index (χ4v) is 2.60. The molecule has 24 heavy (non-hydrogen) atoms. The molecule has 7 nitrogen and oxygen atoms in total. The summed E-state index contributed by atoms with van der Waals surface area (Å²) >= 11 is 0. The Labute approximate surface area is 142 Å². The molecule has 1 fully saturated rings. The van der Waals surface area contributed by atoms with Crippen molar-refractivity contribution in [2.45, 2.75) is 26.3 Å². The van der Waals surface area contributed by atoms with Gasteiger partial charge < -0.3 is 19.8 Å². The lowest BCUT2D eigenvalue weighted by Gasteiger charge is -2.26. The second-order valence-electron chi connectivity index (χ2n) is 6.27. The van der Waals surface area contributed by atoms with Crippen LogP contribution in [-0.2, 0) is 9.53 Å². The molecule has 1 aromatic rings. The van der Waals surface area contributed by atoms with E-state index in [4.69, 9.17) is 9.15 Å². The number of nitrogens with one attached hydrogen (secondary N) is 2. The Balaban J connectivity index is 1.73. The number of morpholine rings is 1. The molecule has 1 aliphatic heterocycles. The van der Waals surface area contributed by atoms with E-state index in [1.165, 1.54) is 6.26 Å². The number of furan rings is 1. The molecule has 1 aromatic heterocycles. The van der Waals surface area contributed by atoms with Crippen LogP contribution >= 0.6 is 0 Å². The molecule has 2 N–H and O–H groups in total. The molecule has 1 saturated heterocycles. The van der Waals surface area contributed by atoms with E-state index in [9.17, 15) is 9.59 Å². The Bertz CT molecular complexity index is 510. The maximum absolute atomic E-state index is 12.4. The number of ether oxygens (including phenoxy) is 1. The van der Waals surface area contributed by atoms with Crippen molar-refractivity contribution in [1.29, 1.82) is 0 Å². The van der Waals surface area contributed by atoms with Crippen molar-refractivity contribution in [3.63, 3.8) is 0 Å². The molecule has 0 spiro atoms. The largest absolute Gasteiger partial charge is 0.459 e. The molecule has 1 aliphatic rings. The first kappa shape index (κ1) is 18.5. The molecule has 134 valence electrons. The molecule has 0 aromatic carbocycles. The van der Waals surface area contributed by atoms with Crippen LogP contribution in [0.3, 0.4) is 0 Å². The van der Waals surface area contributed by atoms with Gasteiger partial charge >= 0.3 is 0 Å². The SMILES string of the molecule is CC(C)C(NC(=O)c1ccco1)C(=O)NCCCN1CCOCC1. The minimum absolute atomic E-state index is 0.0110. The van der Waals surface area contributed by atoms with Crippen LogP contribution in [-0.4, -0.2) is 62.1 Å². The highest BCUT2D eigenvalue weighted by Gasteiger charge is 2.25. The van der Waals surface area contributed by atoms with E-state index in [2.05, 4.69) is 15.5 Å². The first-order valence-electron chi connectivity index (χ1n) is 8.50. The fourth-order valence-electron chi connectivity index (χ4n) is 2.60. The van der Waals surface area contributed by atoms with Crippen LogP contribution in [0.15, 0.2) is 22.8 Å². The third-order valence-electron chi connectivity index (χ3n) is 4.03. The van der Waals surface area contributed by atoms with Gasteiger partial charge in [-0.1, -0.05) is 13.8 Å². The lowest BCUT2D eigenvalue weighted by atomic mass is 10.0. The second kappa shape index (κ2) is 9.44. The topological polar surface area (TPSA) is 83.8 Å². The molecule has 0 saturated carbocycles. The highest BCUT2D eigenvalue weighted by Crippen LogP contribution is 2.06. The van der Waals surface area contributed by atoms with E-state index in [1.807, 2.05) is 13.8 Å². The van der Waals surface area contributed by atoms with Crippen molar-refractivity contribution in [2.75, 3.05) is 39.4 Å². The summed E-state index contributed by atoms with van der Waals surface area (Å²) in [6.45, 7) is 8.79. The van der Waals surface area contributed by atoms with Gasteiger partial charge in [0.2, 0.25) is 5.91 Å². The summed E-state index contributed by atoms with van der Waals surface area (Å²) in [6.07, 6.45) is 2.31. The van der Waals surface area contributed by atoms with Crippen molar-refractivity contribution >= 4 is 11.8 Å². The maximum Gasteiger partial charge on any atom is 0.287 e. The van der Waals surface area contributed by atoms with Gasteiger partial charge in [-0.15, -0.1) is 0 Å². The van der Waals surface area contributed by atoms with Crippen LogP contribution in [0.1, 0.15) is 30.8 Å². The molecule has 0 radical (unpaired) electrons. The van der Waals surface area contributed by atoms with E-state index in [1.54, 1.807) is 12.1 Å². The number of amides is 2. The minimum Gasteiger partial charge on any atom is -0.459 e. The Morgan fingerprint density at radius 1 is 1.29 bits per heavy atom. The molecule has 2 rings (SSSR count). The summed E-state index contributed by atoms with van der Waals surface area (Å²) in [6, 6.07) is 2.64. The number of hydrogen-bond acceptors (Lipinski definition) is 5. The molecule has 2 heterocycles. The first-order valence-corrected chi connectivity index (χ1v) is 8.50. The van der Waals surface area contributed by atoms with Gasteiger partial charge in [-0.25, -0.2) is 0 Å². The number of hydrogen-bond donors (Lipinski definition) is 2. The van der Waals surface area contributed by atoms with Gasteiger partial charge in [0.1, 0.15) is 6.04 Å². The predicted molar refractivity (Wildman–Crippen MR) is 89.7 cm³/mol. The third-order valence-corrected chi connectivity index (χ3v) is 4.03. The molecule has 1 atom stereocenters. The summed E-state index contributed by atoms with van der Waals surface area (Å²) in [5.74, 6) is -0.335.